The summed E-state index contributed by atoms with van der Waals surface area (Å²) in [4.78, 5) is 11.9. The number of piperazine rings is 1. The Morgan fingerprint density at radius 2 is 1.82 bits per heavy atom. The molecule has 2 fully saturated rings. The van der Waals surface area contributed by atoms with E-state index in [4.69, 9.17) is 4.74 Å². The van der Waals surface area contributed by atoms with E-state index >= 15 is 0 Å². The number of anilines is 1. The summed E-state index contributed by atoms with van der Waals surface area (Å²) in [6.45, 7) is 16.7. The van der Waals surface area contributed by atoms with Gasteiger partial charge in [-0.15, -0.1) is 0 Å². The molecule has 6 nitrogen and oxygen atoms in total. The van der Waals surface area contributed by atoms with Crippen molar-refractivity contribution in [3.63, 3.8) is 0 Å². The molecule has 1 N–H and O–H groups in total. The Kier molecular flexibility index (Phi) is 7.57. The number of hydrogen-bond acceptors (Lipinski definition) is 4. The van der Waals surface area contributed by atoms with Crippen molar-refractivity contribution in [2.45, 2.75) is 20.8 Å². The Morgan fingerprint density at radius 1 is 1.11 bits per heavy atom. The summed E-state index contributed by atoms with van der Waals surface area (Å²) in [5.74, 6) is 1.63. The van der Waals surface area contributed by atoms with Gasteiger partial charge in [-0.1, -0.05) is 19.1 Å². The maximum atomic E-state index is 5.44. The van der Waals surface area contributed by atoms with Crippen LogP contribution in [0.15, 0.2) is 23.2 Å². The molecule has 0 bridgehead atoms. The highest BCUT2D eigenvalue weighted by Crippen LogP contribution is 2.23. The summed E-state index contributed by atoms with van der Waals surface area (Å²) in [7, 11) is 1.89. The quantitative estimate of drug-likeness (QED) is 0.618. The molecule has 2 aliphatic heterocycles. The fraction of sp³-hybridized carbons (Fsp3) is 0.682. The van der Waals surface area contributed by atoms with Crippen molar-refractivity contribution < 1.29 is 4.74 Å². The number of ether oxygens (including phenoxy) is 1. The largest absolute Gasteiger partial charge is 0.379 e. The molecule has 1 aromatic carbocycles. The second-order valence-electron chi connectivity index (χ2n) is 8.14. The van der Waals surface area contributed by atoms with Crippen molar-refractivity contribution in [1.29, 1.82) is 0 Å². The molecule has 2 saturated heterocycles. The lowest BCUT2D eigenvalue weighted by Crippen LogP contribution is -2.53. The van der Waals surface area contributed by atoms with Crippen LogP contribution < -0.4 is 10.2 Å². The molecule has 0 spiro atoms. The van der Waals surface area contributed by atoms with E-state index in [1.807, 2.05) is 7.05 Å². The first-order valence-electron chi connectivity index (χ1n) is 10.7. The Balaban J connectivity index is 1.46. The molecule has 28 heavy (non-hydrogen) atoms. The van der Waals surface area contributed by atoms with Gasteiger partial charge in [0.15, 0.2) is 5.96 Å². The number of nitrogens with one attached hydrogen (secondary N) is 1. The van der Waals surface area contributed by atoms with Gasteiger partial charge in [0, 0.05) is 65.1 Å². The first-order valence-corrected chi connectivity index (χ1v) is 10.7. The SMILES string of the molecule is CN=C(NCC(C)CN1CCOCC1)N1CCN(c2cccc(C)c2C)CC1. The minimum atomic E-state index is 0.589. The first-order chi connectivity index (χ1) is 13.6. The third-order valence-corrected chi connectivity index (χ3v) is 5.99. The van der Waals surface area contributed by atoms with Crippen LogP contribution in [0.25, 0.3) is 0 Å². The highest BCUT2D eigenvalue weighted by molar-refractivity contribution is 5.80. The topological polar surface area (TPSA) is 43.3 Å². The molecule has 2 heterocycles. The number of nitrogens with zero attached hydrogens (tertiary/aromatic N) is 4. The van der Waals surface area contributed by atoms with Crippen LogP contribution >= 0.6 is 0 Å². The van der Waals surface area contributed by atoms with Crippen molar-refractivity contribution >= 4 is 11.6 Å². The van der Waals surface area contributed by atoms with E-state index in [0.717, 1.165) is 71.5 Å². The summed E-state index contributed by atoms with van der Waals surface area (Å²) in [5.41, 5.74) is 4.14. The molecule has 0 amide bonds. The average Bonchev–Trinajstić information content (AvgIpc) is 2.72. The molecule has 156 valence electrons. The van der Waals surface area contributed by atoms with Crippen LogP contribution in [-0.4, -0.2) is 88.4 Å². The number of benzene rings is 1. The molecule has 6 heteroatoms. The van der Waals surface area contributed by atoms with E-state index < -0.39 is 0 Å². The lowest BCUT2D eigenvalue weighted by atomic mass is 10.1. The van der Waals surface area contributed by atoms with Crippen molar-refractivity contribution in [2.24, 2.45) is 10.9 Å². The Labute approximate surface area is 170 Å². The van der Waals surface area contributed by atoms with Gasteiger partial charge in [0.25, 0.3) is 0 Å². The van der Waals surface area contributed by atoms with E-state index in [2.05, 4.69) is 64.0 Å². The standard InChI is InChI=1S/C22H37N5O/c1-18(17-25-12-14-28-15-13-25)16-24-22(23-4)27-10-8-26(9-11-27)21-7-5-6-19(2)20(21)3/h5-7,18H,8-17H2,1-4H3,(H,23,24). The van der Waals surface area contributed by atoms with Crippen molar-refractivity contribution in [3.05, 3.63) is 29.3 Å². The molecule has 2 aliphatic rings. The van der Waals surface area contributed by atoms with Gasteiger partial charge < -0.3 is 19.9 Å². The van der Waals surface area contributed by atoms with Gasteiger partial charge in [0.2, 0.25) is 0 Å². The minimum absolute atomic E-state index is 0.589. The van der Waals surface area contributed by atoms with E-state index in [1.54, 1.807) is 0 Å². The van der Waals surface area contributed by atoms with Gasteiger partial charge in [-0.3, -0.25) is 9.89 Å². The van der Waals surface area contributed by atoms with Crippen LogP contribution in [-0.2, 0) is 4.74 Å². The third kappa shape index (κ3) is 5.39. The number of rotatable bonds is 5. The van der Waals surface area contributed by atoms with Gasteiger partial charge in [-0.25, -0.2) is 0 Å². The molecule has 1 unspecified atom stereocenters. The Hall–Kier alpha value is -1.79. The monoisotopic (exact) mass is 387 g/mol. The molecule has 1 aromatic rings. The lowest BCUT2D eigenvalue weighted by Gasteiger charge is -2.38. The lowest BCUT2D eigenvalue weighted by molar-refractivity contribution is 0.0320. The normalized spacial score (nSPS) is 20.4. The molecular formula is C22H37N5O. The molecule has 0 aliphatic carbocycles. The zero-order chi connectivity index (χ0) is 19.9. The van der Waals surface area contributed by atoms with Gasteiger partial charge in [0.05, 0.1) is 13.2 Å². The molecule has 0 aromatic heterocycles. The molecule has 0 saturated carbocycles. The number of guanidine groups is 1. The fourth-order valence-corrected chi connectivity index (χ4v) is 4.12. The summed E-state index contributed by atoms with van der Waals surface area (Å²) < 4.78 is 5.44. The van der Waals surface area contributed by atoms with Crippen LogP contribution in [0.1, 0.15) is 18.1 Å². The van der Waals surface area contributed by atoms with Gasteiger partial charge in [0.1, 0.15) is 0 Å². The highest BCUT2D eigenvalue weighted by Gasteiger charge is 2.21. The molecule has 0 radical (unpaired) electrons. The van der Waals surface area contributed by atoms with Crippen LogP contribution in [0.2, 0.25) is 0 Å². The highest BCUT2D eigenvalue weighted by atomic mass is 16.5. The molecular weight excluding hydrogens is 350 g/mol. The van der Waals surface area contributed by atoms with Crippen LogP contribution in [0, 0.1) is 19.8 Å². The number of aryl methyl sites for hydroxylation is 1. The second kappa shape index (κ2) is 10.1. The van der Waals surface area contributed by atoms with Crippen LogP contribution in [0.4, 0.5) is 5.69 Å². The van der Waals surface area contributed by atoms with Crippen LogP contribution in [0.5, 0.6) is 0 Å². The zero-order valence-corrected chi connectivity index (χ0v) is 18.1. The van der Waals surface area contributed by atoms with Gasteiger partial charge in [-0.05, 0) is 37.0 Å². The first kappa shape index (κ1) is 20.9. The van der Waals surface area contributed by atoms with Crippen molar-refractivity contribution in [3.8, 4) is 0 Å². The van der Waals surface area contributed by atoms with Crippen molar-refractivity contribution in [2.75, 3.05) is 77.5 Å². The zero-order valence-electron chi connectivity index (χ0n) is 18.1. The number of morpholine rings is 1. The second-order valence-corrected chi connectivity index (χ2v) is 8.14. The van der Waals surface area contributed by atoms with E-state index in [9.17, 15) is 0 Å². The summed E-state index contributed by atoms with van der Waals surface area (Å²) >= 11 is 0. The van der Waals surface area contributed by atoms with Gasteiger partial charge >= 0.3 is 0 Å². The van der Waals surface area contributed by atoms with Gasteiger partial charge in [-0.2, -0.15) is 0 Å². The van der Waals surface area contributed by atoms with E-state index in [-0.39, 0.29) is 0 Å². The minimum Gasteiger partial charge on any atom is -0.379 e. The maximum Gasteiger partial charge on any atom is 0.193 e. The Bertz CT molecular complexity index is 648. The van der Waals surface area contributed by atoms with E-state index in [1.165, 1.54) is 16.8 Å². The third-order valence-electron chi connectivity index (χ3n) is 5.99. The Morgan fingerprint density at radius 3 is 2.50 bits per heavy atom. The van der Waals surface area contributed by atoms with Crippen molar-refractivity contribution in [1.82, 2.24) is 15.1 Å². The molecule has 3 rings (SSSR count). The predicted octanol–water partition coefficient (Wildman–Crippen LogP) is 1.97. The average molecular weight is 388 g/mol. The predicted molar refractivity (Wildman–Crippen MR) is 117 cm³/mol. The summed E-state index contributed by atoms with van der Waals surface area (Å²) in [5, 5.41) is 3.60. The number of hydrogen-bond donors (Lipinski definition) is 1. The fourth-order valence-electron chi connectivity index (χ4n) is 4.12. The smallest absolute Gasteiger partial charge is 0.193 e. The number of aliphatic imine (C=N–C) groups is 1. The molecule has 1 atom stereocenters. The van der Waals surface area contributed by atoms with E-state index in [0.29, 0.717) is 5.92 Å². The maximum absolute atomic E-state index is 5.44. The summed E-state index contributed by atoms with van der Waals surface area (Å²) in [6.07, 6.45) is 0. The van der Waals surface area contributed by atoms with Crippen LogP contribution in [0.3, 0.4) is 0 Å². The summed E-state index contributed by atoms with van der Waals surface area (Å²) in [6, 6.07) is 6.61.